The van der Waals surface area contributed by atoms with E-state index in [0.717, 1.165) is 56.7 Å². The third-order valence-corrected chi connectivity index (χ3v) is 6.08. The molecular weight excluding hydrogens is 338 g/mol. The van der Waals surface area contributed by atoms with Crippen molar-refractivity contribution in [3.8, 4) is 0 Å². The van der Waals surface area contributed by atoms with Crippen LogP contribution < -0.4 is 4.90 Å². The lowest BCUT2D eigenvalue weighted by Gasteiger charge is -2.33. The number of fused-ring (bicyclic) bond motifs is 2. The monoisotopic (exact) mass is 365 g/mol. The fraction of sp³-hybridized carbons (Fsp3) is 0.600. The maximum absolute atomic E-state index is 4.67. The van der Waals surface area contributed by atoms with Crippen LogP contribution in [0.3, 0.4) is 0 Å². The molecule has 1 fully saturated rings. The molecule has 0 saturated carbocycles. The van der Waals surface area contributed by atoms with Crippen molar-refractivity contribution >= 4 is 11.5 Å². The van der Waals surface area contributed by atoms with E-state index < -0.39 is 0 Å². The lowest BCUT2D eigenvalue weighted by Crippen LogP contribution is -2.35. The zero-order valence-corrected chi connectivity index (χ0v) is 16.0. The van der Waals surface area contributed by atoms with Gasteiger partial charge in [-0.3, -0.25) is 0 Å². The van der Waals surface area contributed by atoms with Crippen molar-refractivity contribution in [3.63, 3.8) is 0 Å². The van der Waals surface area contributed by atoms with Crippen LogP contribution in [0.4, 0.5) is 5.82 Å². The summed E-state index contributed by atoms with van der Waals surface area (Å²) in [5.74, 6) is 4.10. The lowest BCUT2D eigenvalue weighted by atomic mass is 9.95. The van der Waals surface area contributed by atoms with E-state index in [4.69, 9.17) is 0 Å². The van der Waals surface area contributed by atoms with Gasteiger partial charge >= 0.3 is 0 Å². The summed E-state index contributed by atoms with van der Waals surface area (Å²) in [6.45, 7) is 5.29. The molecule has 0 amide bonds. The number of aromatic nitrogens is 6. The van der Waals surface area contributed by atoms with Crippen LogP contribution in [0.15, 0.2) is 18.3 Å². The topological polar surface area (TPSA) is 64.1 Å². The first-order chi connectivity index (χ1) is 13.3. The molecule has 5 heterocycles. The highest BCUT2D eigenvalue weighted by Crippen LogP contribution is 2.31. The van der Waals surface area contributed by atoms with Gasteiger partial charge in [-0.15, -0.1) is 10.2 Å². The molecule has 0 N–H and O–H groups in total. The number of anilines is 1. The maximum atomic E-state index is 4.67. The standard InChI is InChI=1S/C20H27N7/c1-2-16-14-19(27-17(22-16)7-10-21-27)25-12-8-15(9-13-25)20-24-23-18-6-4-3-5-11-26(18)20/h7,10,14-15H,2-6,8-9,11-13H2,1H3. The summed E-state index contributed by atoms with van der Waals surface area (Å²) < 4.78 is 4.39. The Hall–Kier alpha value is -2.44. The van der Waals surface area contributed by atoms with Gasteiger partial charge in [-0.05, 0) is 32.1 Å². The molecule has 2 aliphatic rings. The largest absolute Gasteiger partial charge is 0.356 e. The predicted octanol–water partition coefficient (Wildman–Crippen LogP) is 2.99. The minimum atomic E-state index is 0.515. The number of hydrogen-bond acceptors (Lipinski definition) is 5. The molecule has 0 aromatic carbocycles. The molecule has 0 spiro atoms. The van der Waals surface area contributed by atoms with Gasteiger partial charge in [-0.25, -0.2) is 4.98 Å². The van der Waals surface area contributed by atoms with Gasteiger partial charge < -0.3 is 9.47 Å². The summed E-state index contributed by atoms with van der Waals surface area (Å²) in [4.78, 5) is 7.13. The van der Waals surface area contributed by atoms with Gasteiger partial charge in [0.15, 0.2) is 5.65 Å². The quantitative estimate of drug-likeness (QED) is 0.714. The van der Waals surface area contributed by atoms with Crippen LogP contribution in [-0.2, 0) is 19.4 Å². The van der Waals surface area contributed by atoms with Crippen LogP contribution in [0.2, 0.25) is 0 Å². The molecule has 0 aliphatic carbocycles. The summed E-state index contributed by atoms with van der Waals surface area (Å²) in [5, 5.41) is 13.6. The molecule has 27 heavy (non-hydrogen) atoms. The molecule has 7 heteroatoms. The molecule has 0 atom stereocenters. The van der Waals surface area contributed by atoms with Crippen LogP contribution >= 0.6 is 0 Å². The average molecular weight is 365 g/mol. The normalized spacial score (nSPS) is 18.6. The minimum absolute atomic E-state index is 0.515. The van der Waals surface area contributed by atoms with Crippen molar-refractivity contribution in [3.05, 3.63) is 35.7 Å². The van der Waals surface area contributed by atoms with E-state index in [0.29, 0.717) is 5.92 Å². The average Bonchev–Trinajstić information content (AvgIpc) is 3.28. The Morgan fingerprint density at radius 2 is 1.96 bits per heavy atom. The van der Waals surface area contributed by atoms with Gasteiger partial charge in [-0.2, -0.15) is 9.61 Å². The third kappa shape index (κ3) is 2.99. The fourth-order valence-corrected chi connectivity index (χ4v) is 4.53. The Morgan fingerprint density at radius 1 is 1.07 bits per heavy atom. The summed E-state index contributed by atoms with van der Waals surface area (Å²) in [7, 11) is 0. The van der Waals surface area contributed by atoms with Crippen LogP contribution in [0, 0.1) is 0 Å². The van der Waals surface area contributed by atoms with E-state index in [1.54, 1.807) is 0 Å². The Kier molecular flexibility index (Phi) is 4.30. The maximum Gasteiger partial charge on any atom is 0.157 e. The highest BCUT2D eigenvalue weighted by Gasteiger charge is 2.27. The fourth-order valence-electron chi connectivity index (χ4n) is 4.53. The number of piperidine rings is 1. The zero-order valence-electron chi connectivity index (χ0n) is 16.0. The van der Waals surface area contributed by atoms with Crippen molar-refractivity contribution in [1.29, 1.82) is 0 Å². The van der Waals surface area contributed by atoms with Crippen LogP contribution in [0.5, 0.6) is 0 Å². The van der Waals surface area contributed by atoms with Gasteiger partial charge in [0.1, 0.15) is 17.5 Å². The second kappa shape index (κ2) is 6.94. The highest BCUT2D eigenvalue weighted by atomic mass is 15.3. The lowest BCUT2D eigenvalue weighted by molar-refractivity contribution is 0.456. The summed E-state index contributed by atoms with van der Waals surface area (Å²) in [6.07, 6.45) is 9.90. The Bertz CT molecular complexity index is 933. The first kappa shape index (κ1) is 16.7. The van der Waals surface area contributed by atoms with Gasteiger partial charge in [0.25, 0.3) is 0 Å². The van der Waals surface area contributed by atoms with E-state index in [1.165, 1.54) is 36.7 Å². The summed E-state index contributed by atoms with van der Waals surface area (Å²) >= 11 is 0. The number of rotatable bonds is 3. The van der Waals surface area contributed by atoms with Gasteiger partial charge in [-0.1, -0.05) is 13.3 Å². The number of aryl methyl sites for hydroxylation is 2. The van der Waals surface area contributed by atoms with Crippen molar-refractivity contribution < 1.29 is 0 Å². The van der Waals surface area contributed by atoms with Gasteiger partial charge in [0.05, 0.1) is 6.20 Å². The van der Waals surface area contributed by atoms with Gasteiger partial charge in [0.2, 0.25) is 0 Å². The van der Waals surface area contributed by atoms with Crippen molar-refractivity contribution in [2.24, 2.45) is 0 Å². The van der Waals surface area contributed by atoms with Crippen LogP contribution in [0.1, 0.15) is 62.3 Å². The molecule has 0 unspecified atom stereocenters. The first-order valence-corrected chi connectivity index (χ1v) is 10.3. The van der Waals surface area contributed by atoms with Crippen molar-refractivity contribution in [2.75, 3.05) is 18.0 Å². The molecule has 7 nitrogen and oxygen atoms in total. The number of hydrogen-bond donors (Lipinski definition) is 0. The van der Waals surface area contributed by atoms with E-state index in [1.807, 2.05) is 16.8 Å². The Balaban J connectivity index is 1.37. The van der Waals surface area contributed by atoms with E-state index in [2.05, 4.69) is 42.7 Å². The molecule has 142 valence electrons. The molecule has 5 rings (SSSR count). The van der Waals surface area contributed by atoms with Crippen LogP contribution in [-0.4, -0.2) is 42.5 Å². The molecule has 0 bridgehead atoms. The minimum Gasteiger partial charge on any atom is -0.356 e. The number of nitrogens with zero attached hydrogens (tertiary/aromatic N) is 7. The molecular formula is C20H27N7. The van der Waals surface area contributed by atoms with Gasteiger partial charge in [0, 0.05) is 49.8 Å². The summed E-state index contributed by atoms with van der Waals surface area (Å²) in [5.41, 5.74) is 2.07. The zero-order chi connectivity index (χ0) is 18.2. The molecule has 1 saturated heterocycles. The molecule has 3 aromatic heterocycles. The Morgan fingerprint density at radius 3 is 2.81 bits per heavy atom. The predicted molar refractivity (Wildman–Crippen MR) is 104 cm³/mol. The van der Waals surface area contributed by atoms with Crippen molar-refractivity contribution in [1.82, 2.24) is 29.4 Å². The first-order valence-electron chi connectivity index (χ1n) is 10.3. The van der Waals surface area contributed by atoms with Crippen LogP contribution in [0.25, 0.3) is 5.65 Å². The molecule has 2 aliphatic heterocycles. The SMILES string of the molecule is CCc1cc(N2CCC(c3nnc4n3CCCCC4)CC2)n2nccc2n1. The van der Waals surface area contributed by atoms with E-state index >= 15 is 0 Å². The van der Waals surface area contributed by atoms with E-state index in [-0.39, 0.29) is 0 Å². The van der Waals surface area contributed by atoms with Crippen molar-refractivity contribution in [2.45, 2.75) is 64.3 Å². The third-order valence-electron chi connectivity index (χ3n) is 6.08. The second-order valence-corrected chi connectivity index (χ2v) is 7.76. The highest BCUT2D eigenvalue weighted by molar-refractivity contribution is 5.51. The second-order valence-electron chi connectivity index (χ2n) is 7.76. The Labute approximate surface area is 159 Å². The molecule has 3 aromatic rings. The molecule has 0 radical (unpaired) electrons. The van der Waals surface area contributed by atoms with E-state index in [9.17, 15) is 0 Å². The smallest absolute Gasteiger partial charge is 0.157 e. The summed E-state index contributed by atoms with van der Waals surface area (Å²) in [6, 6.07) is 4.18.